The molecule has 3 nitrogen and oxygen atoms in total. The first-order valence-electron chi connectivity index (χ1n) is 3.67. The van der Waals surface area contributed by atoms with Gasteiger partial charge in [0.05, 0.1) is 5.92 Å². The summed E-state index contributed by atoms with van der Waals surface area (Å²) < 4.78 is 2.00. The van der Waals surface area contributed by atoms with Gasteiger partial charge in [-0.1, -0.05) is 0 Å². The molecule has 0 saturated heterocycles. The zero-order valence-electron chi connectivity index (χ0n) is 6.03. The lowest BCUT2D eigenvalue weighted by atomic mass is 10.1. The molecule has 1 N–H and O–H groups in total. The van der Waals surface area contributed by atoms with Crippen molar-refractivity contribution < 1.29 is 9.90 Å². The summed E-state index contributed by atoms with van der Waals surface area (Å²) >= 11 is 0. The molecule has 0 fully saturated rings. The molecule has 1 aliphatic rings. The smallest absolute Gasteiger partial charge is 0.312 e. The van der Waals surface area contributed by atoms with Crippen LogP contribution in [0.15, 0.2) is 18.3 Å². The molecule has 2 heterocycles. The maximum Gasteiger partial charge on any atom is 0.312 e. The maximum atomic E-state index is 10.6. The lowest BCUT2D eigenvalue weighted by Crippen LogP contribution is -2.07. The molecule has 3 heteroatoms. The molecule has 0 aliphatic carbocycles. The van der Waals surface area contributed by atoms with Gasteiger partial charge in [0.2, 0.25) is 0 Å². The Morgan fingerprint density at radius 2 is 2.55 bits per heavy atom. The van der Waals surface area contributed by atoms with E-state index < -0.39 is 5.97 Å². The van der Waals surface area contributed by atoms with Crippen LogP contribution in [0, 0.1) is 0 Å². The van der Waals surface area contributed by atoms with Crippen LogP contribution >= 0.6 is 0 Å². The highest BCUT2D eigenvalue weighted by atomic mass is 16.4. The van der Waals surface area contributed by atoms with Crippen LogP contribution < -0.4 is 0 Å². The van der Waals surface area contributed by atoms with Crippen molar-refractivity contribution >= 4 is 5.97 Å². The molecule has 0 amide bonds. The normalized spacial score (nSPS) is 21.6. The van der Waals surface area contributed by atoms with Crippen LogP contribution in [0.5, 0.6) is 0 Å². The second kappa shape index (κ2) is 2.12. The van der Waals surface area contributed by atoms with Crippen LogP contribution in [-0.2, 0) is 11.3 Å². The van der Waals surface area contributed by atoms with Gasteiger partial charge >= 0.3 is 5.97 Å². The number of rotatable bonds is 1. The Morgan fingerprint density at radius 3 is 3.27 bits per heavy atom. The van der Waals surface area contributed by atoms with Crippen molar-refractivity contribution in [3.63, 3.8) is 0 Å². The second-order valence-electron chi connectivity index (χ2n) is 2.81. The highest BCUT2D eigenvalue weighted by Gasteiger charge is 2.27. The number of aliphatic carboxylic acids is 1. The highest BCUT2D eigenvalue weighted by molar-refractivity contribution is 5.76. The molecule has 0 saturated carbocycles. The van der Waals surface area contributed by atoms with E-state index >= 15 is 0 Å². The van der Waals surface area contributed by atoms with Gasteiger partial charge in [-0.3, -0.25) is 4.79 Å². The van der Waals surface area contributed by atoms with Gasteiger partial charge in [-0.2, -0.15) is 0 Å². The Kier molecular flexibility index (Phi) is 1.24. The molecule has 2 rings (SSSR count). The number of aryl methyl sites for hydroxylation is 1. The van der Waals surface area contributed by atoms with Gasteiger partial charge in [0.25, 0.3) is 0 Å². The Morgan fingerprint density at radius 1 is 1.73 bits per heavy atom. The molecular weight excluding hydrogens is 142 g/mol. The van der Waals surface area contributed by atoms with E-state index in [0.717, 1.165) is 18.7 Å². The lowest BCUT2D eigenvalue weighted by Gasteiger charge is -2.00. The van der Waals surface area contributed by atoms with Crippen LogP contribution in [0.25, 0.3) is 0 Å². The predicted octanol–water partition coefficient (Wildman–Crippen LogP) is 1.06. The number of fused-ring (bicyclic) bond motifs is 1. The van der Waals surface area contributed by atoms with Crippen molar-refractivity contribution in [2.75, 3.05) is 0 Å². The summed E-state index contributed by atoms with van der Waals surface area (Å²) in [6, 6.07) is 3.77. The van der Waals surface area contributed by atoms with E-state index in [1.165, 1.54) is 0 Å². The number of aromatic nitrogens is 1. The van der Waals surface area contributed by atoms with Gasteiger partial charge in [0.15, 0.2) is 0 Å². The van der Waals surface area contributed by atoms with Crippen LogP contribution in [0.3, 0.4) is 0 Å². The number of hydrogen-bond donors (Lipinski definition) is 1. The number of carbonyl (C=O) groups is 1. The maximum absolute atomic E-state index is 10.6. The van der Waals surface area contributed by atoms with E-state index in [9.17, 15) is 4.79 Å². The standard InChI is InChI=1S/C8H9NO2/c10-8(11)6-3-5-9-4-1-2-7(6)9/h1-2,4,6H,3,5H2,(H,10,11)/t6-/m0/s1. The Balaban J connectivity index is 2.38. The zero-order valence-corrected chi connectivity index (χ0v) is 6.03. The number of nitrogens with zero attached hydrogens (tertiary/aromatic N) is 1. The molecule has 1 aliphatic heterocycles. The van der Waals surface area contributed by atoms with Crippen LogP contribution in [-0.4, -0.2) is 15.6 Å². The first-order chi connectivity index (χ1) is 5.29. The quantitative estimate of drug-likeness (QED) is 0.652. The molecule has 0 bridgehead atoms. The number of hydrogen-bond acceptors (Lipinski definition) is 1. The first kappa shape index (κ1) is 6.46. The monoisotopic (exact) mass is 151 g/mol. The fourth-order valence-electron chi connectivity index (χ4n) is 1.61. The third-order valence-electron chi connectivity index (χ3n) is 2.18. The van der Waals surface area contributed by atoms with Crippen molar-refractivity contribution in [2.24, 2.45) is 0 Å². The minimum Gasteiger partial charge on any atom is -0.481 e. The van der Waals surface area contributed by atoms with Gasteiger partial charge in [-0.15, -0.1) is 0 Å². The minimum atomic E-state index is -0.706. The molecule has 0 spiro atoms. The van der Waals surface area contributed by atoms with Crippen LogP contribution in [0.4, 0.5) is 0 Å². The summed E-state index contributed by atoms with van der Waals surface area (Å²) in [6.45, 7) is 0.847. The van der Waals surface area contributed by atoms with E-state index in [1.807, 2.05) is 22.9 Å². The van der Waals surface area contributed by atoms with Crippen molar-refractivity contribution in [3.8, 4) is 0 Å². The van der Waals surface area contributed by atoms with Crippen molar-refractivity contribution in [1.29, 1.82) is 0 Å². The molecule has 58 valence electrons. The third kappa shape index (κ3) is 0.843. The topological polar surface area (TPSA) is 42.2 Å². The van der Waals surface area contributed by atoms with Gasteiger partial charge in [-0.05, 0) is 18.6 Å². The average Bonchev–Trinajstić information content (AvgIpc) is 2.41. The largest absolute Gasteiger partial charge is 0.481 e. The zero-order chi connectivity index (χ0) is 7.84. The number of carboxylic acids is 1. The molecule has 1 atom stereocenters. The van der Waals surface area contributed by atoms with Crippen molar-refractivity contribution in [3.05, 3.63) is 24.0 Å². The predicted molar refractivity (Wildman–Crippen MR) is 39.4 cm³/mol. The van der Waals surface area contributed by atoms with E-state index in [2.05, 4.69) is 0 Å². The Labute approximate surface area is 64.3 Å². The first-order valence-corrected chi connectivity index (χ1v) is 3.67. The van der Waals surface area contributed by atoms with Gasteiger partial charge in [-0.25, -0.2) is 0 Å². The van der Waals surface area contributed by atoms with E-state index in [0.29, 0.717) is 0 Å². The molecule has 0 aromatic carbocycles. The fourth-order valence-corrected chi connectivity index (χ4v) is 1.61. The van der Waals surface area contributed by atoms with Gasteiger partial charge < -0.3 is 9.67 Å². The summed E-state index contributed by atoms with van der Waals surface area (Å²) in [4.78, 5) is 10.6. The molecule has 1 aromatic rings. The van der Waals surface area contributed by atoms with Gasteiger partial charge in [0.1, 0.15) is 0 Å². The molecular formula is C8H9NO2. The molecule has 1 aromatic heterocycles. The number of carboxylic acid groups (broad SMARTS) is 1. The summed E-state index contributed by atoms with van der Waals surface area (Å²) in [5.74, 6) is -0.979. The van der Waals surface area contributed by atoms with E-state index in [1.54, 1.807) is 0 Å². The van der Waals surface area contributed by atoms with Crippen LogP contribution in [0.2, 0.25) is 0 Å². The minimum absolute atomic E-state index is 0.273. The van der Waals surface area contributed by atoms with Gasteiger partial charge in [0, 0.05) is 18.4 Å². The molecule has 0 unspecified atom stereocenters. The average molecular weight is 151 g/mol. The second-order valence-corrected chi connectivity index (χ2v) is 2.81. The summed E-state index contributed by atoms with van der Waals surface area (Å²) in [6.07, 6.45) is 2.67. The highest BCUT2D eigenvalue weighted by Crippen LogP contribution is 2.27. The summed E-state index contributed by atoms with van der Waals surface area (Å²) in [5.41, 5.74) is 0.942. The summed E-state index contributed by atoms with van der Waals surface area (Å²) in [5, 5.41) is 8.77. The lowest BCUT2D eigenvalue weighted by molar-refractivity contribution is -0.138. The van der Waals surface area contributed by atoms with E-state index in [4.69, 9.17) is 5.11 Å². The van der Waals surface area contributed by atoms with Crippen LogP contribution in [0.1, 0.15) is 18.0 Å². The Hall–Kier alpha value is -1.25. The fraction of sp³-hybridized carbons (Fsp3) is 0.375. The van der Waals surface area contributed by atoms with Crippen molar-refractivity contribution in [1.82, 2.24) is 4.57 Å². The SMILES string of the molecule is O=C(O)[C@H]1CCn2cccc21. The van der Waals surface area contributed by atoms with Crippen molar-refractivity contribution in [2.45, 2.75) is 18.9 Å². The Bertz CT molecular complexity index is 290. The van der Waals surface area contributed by atoms with E-state index in [-0.39, 0.29) is 5.92 Å². The molecule has 11 heavy (non-hydrogen) atoms. The third-order valence-corrected chi connectivity index (χ3v) is 2.18. The molecule has 0 radical (unpaired) electrons. The summed E-state index contributed by atoms with van der Waals surface area (Å²) in [7, 11) is 0.